The molecule has 4 heteroatoms. The zero-order valence-corrected chi connectivity index (χ0v) is 36.4. The van der Waals surface area contributed by atoms with E-state index in [2.05, 4.69) is 86.8 Å². The molecule has 0 bridgehead atoms. The van der Waals surface area contributed by atoms with Gasteiger partial charge in [0.25, 0.3) is 0 Å². The first-order valence-corrected chi connectivity index (χ1v) is 23.5. The number of rotatable bonds is 43. The number of aliphatic hydroxyl groups is 1. The van der Waals surface area contributed by atoms with Crippen LogP contribution in [0.1, 0.15) is 219 Å². The predicted molar refractivity (Wildman–Crippen MR) is 242 cm³/mol. The number of ether oxygens (including phenoxy) is 2. The van der Waals surface area contributed by atoms with Crippen molar-refractivity contribution in [1.29, 1.82) is 0 Å². The van der Waals surface area contributed by atoms with Crippen LogP contribution in [0.15, 0.2) is 72.9 Å². The molecular weight excluding hydrogens is 677 g/mol. The average Bonchev–Trinajstić information content (AvgIpc) is 3.19. The number of carbonyl (C=O) groups is 1. The molecule has 1 N–H and O–H groups in total. The lowest BCUT2D eigenvalue weighted by Gasteiger charge is -2.15. The molecule has 0 aromatic heterocycles. The van der Waals surface area contributed by atoms with Crippen molar-refractivity contribution in [1.82, 2.24) is 0 Å². The highest BCUT2D eigenvalue weighted by Crippen LogP contribution is 2.15. The number of hydrogen-bond acceptors (Lipinski definition) is 4. The van der Waals surface area contributed by atoms with Crippen LogP contribution in [0.2, 0.25) is 0 Å². The van der Waals surface area contributed by atoms with Crippen LogP contribution < -0.4 is 0 Å². The van der Waals surface area contributed by atoms with Gasteiger partial charge in [0.15, 0.2) is 0 Å². The molecule has 1 unspecified atom stereocenters. The maximum Gasteiger partial charge on any atom is 0.306 e. The van der Waals surface area contributed by atoms with Crippen LogP contribution in [0.25, 0.3) is 0 Å². The number of aliphatic hydroxyl groups excluding tert-OH is 1. The van der Waals surface area contributed by atoms with Gasteiger partial charge < -0.3 is 14.6 Å². The summed E-state index contributed by atoms with van der Waals surface area (Å²) in [5.41, 5.74) is 0. The molecule has 4 nitrogen and oxygen atoms in total. The Hall–Kier alpha value is -2.17. The smallest absolute Gasteiger partial charge is 0.306 e. The fraction of sp³-hybridized carbons (Fsp3) is 0.745. The van der Waals surface area contributed by atoms with E-state index in [1.54, 1.807) is 0 Å². The minimum Gasteiger partial charge on any atom is -0.457 e. The Bertz CT molecular complexity index is 942. The Morgan fingerprint density at radius 3 is 1.20 bits per heavy atom. The zero-order chi connectivity index (χ0) is 39.8. The van der Waals surface area contributed by atoms with E-state index in [9.17, 15) is 9.90 Å². The Labute approximate surface area is 342 Å². The Balaban J connectivity index is 3.49. The van der Waals surface area contributed by atoms with Gasteiger partial charge in [-0.3, -0.25) is 4.79 Å². The third-order valence-corrected chi connectivity index (χ3v) is 10.0. The normalized spacial score (nSPS) is 13.0. The first-order chi connectivity index (χ1) is 27.2. The summed E-state index contributed by atoms with van der Waals surface area (Å²) in [6.45, 7) is 5.21. The highest BCUT2D eigenvalue weighted by atomic mass is 16.6. The average molecular weight is 767 g/mol. The van der Waals surface area contributed by atoms with Crippen molar-refractivity contribution >= 4 is 5.97 Å². The second kappa shape index (κ2) is 48.0. The minimum absolute atomic E-state index is 0.191. The number of unbranched alkanes of at least 4 members (excludes halogenated alkanes) is 23. The molecule has 55 heavy (non-hydrogen) atoms. The summed E-state index contributed by atoms with van der Waals surface area (Å²) in [5.74, 6) is -0.241. The van der Waals surface area contributed by atoms with Crippen molar-refractivity contribution in [2.24, 2.45) is 0 Å². The molecule has 0 amide bonds. The van der Waals surface area contributed by atoms with Crippen molar-refractivity contribution in [2.75, 3.05) is 19.8 Å². The van der Waals surface area contributed by atoms with Gasteiger partial charge in [0, 0.05) is 13.0 Å². The molecule has 0 aliphatic rings. The molecule has 1 atom stereocenters. The van der Waals surface area contributed by atoms with E-state index in [0.29, 0.717) is 13.0 Å². The van der Waals surface area contributed by atoms with Crippen LogP contribution in [0.3, 0.4) is 0 Å². The molecule has 0 saturated carbocycles. The van der Waals surface area contributed by atoms with Gasteiger partial charge in [-0.15, -0.1) is 0 Å². The van der Waals surface area contributed by atoms with E-state index in [4.69, 9.17) is 9.47 Å². The van der Waals surface area contributed by atoms with Crippen LogP contribution in [0, 0.1) is 0 Å². The fourth-order valence-corrected chi connectivity index (χ4v) is 6.57. The Kier molecular flexibility index (Phi) is 46.1. The number of allylic oxidation sites excluding steroid dienone is 12. The van der Waals surface area contributed by atoms with Crippen molar-refractivity contribution in [3.63, 3.8) is 0 Å². The van der Waals surface area contributed by atoms with Gasteiger partial charge >= 0.3 is 5.97 Å². The fourth-order valence-electron chi connectivity index (χ4n) is 6.57. The van der Waals surface area contributed by atoms with E-state index < -0.39 is 6.10 Å². The first-order valence-electron chi connectivity index (χ1n) is 23.5. The number of carbonyl (C=O) groups excluding carboxylic acids is 1. The van der Waals surface area contributed by atoms with Gasteiger partial charge in [-0.2, -0.15) is 0 Å². The maximum atomic E-state index is 12.2. The lowest BCUT2D eigenvalue weighted by Crippen LogP contribution is -2.27. The standard InChI is InChI=1S/C51H90O4/c1-3-5-7-9-11-13-15-17-19-21-23-25-27-29-31-33-35-37-39-41-43-45-47-54-49-50(48-52)55-51(53)46-44-42-40-38-36-34-32-30-28-26-24-22-20-18-16-14-12-10-8-6-4-2/h6,8,12,14,18,20,24,26,30,32,36,38,50,52H,3-5,7,9-11,13,15-17,19,21-23,25,27-29,31,33-35,37,39-49H2,1-2H3/b8-6-,14-12-,20-18-,26-24-,32-30-,38-36-. The summed E-state index contributed by atoms with van der Waals surface area (Å²) >= 11 is 0. The van der Waals surface area contributed by atoms with E-state index in [1.165, 1.54) is 135 Å². The highest BCUT2D eigenvalue weighted by molar-refractivity contribution is 5.69. The molecule has 0 aliphatic heterocycles. The second-order valence-corrected chi connectivity index (χ2v) is 15.5. The summed E-state index contributed by atoms with van der Waals surface area (Å²) in [5, 5.41) is 9.62. The summed E-state index contributed by atoms with van der Waals surface area (Å²) in [6, 6.07) is 0. The van der Waals surface area contributed by atoms with Crippen molar-refractivity contribution in [3.05, 3.63) is 72.9 Å². The molecule has 0 aliphatic carbocycles. The first kappa shape index (κ1) is 52.8. The molecule has 0 heterocycles. The largest absolute Gasteiger partial charge is 0.457 e. The Morgan fingerprint density at radius 1 is 0.455 bits per heavy atom. The molecule has 0 radical (unpaired) electrons. The van der Waals surface area contributed by atoms with Crippen molar-refractivity contribution in [2.45, 2.75) is 225 Å². The SMILES string of the molecule is CC/C=C\C/C=C\C/C=C\C/C=C\C/C=C\C/C=C\CCCCC(=O)OC(CO)COCCCCCCCCCCCCCCCCCCCCCCCC. The monoisotopic (exact) mass is 767 g/mol. The minimum atomic E-state index is -0.560. The van der Waals surface area contributed by atoms with Gasteiger partial charge in [-0.05, 0) is 64.2 Å². The van der Waals surface area contributed by atoms with Crippen LogP contribution in [0.5, 0.6) is 0 Å². The molecule has 0 rings (SSSR count). The van der Waals surface area contributed by atoms with Crippen LogP contribution in [-0.4, -0.2) is 37.0 Å². The Morgan fingerprint density at radius 2 is 0.818 bits per heavy atom. The molecule has 0 saturated heterocycles. The van der Waals surface area contributed by atoms with E-state index in [-0.39, 0.29) is 19.2 Å². The maximum absolute atomic E-state index is 12.2. The number of esters is 1. The van der Waals surface area contributed by atoms with E-state index in [0.717, 1.165) is 64.2 Å². The van der Waals surface area contributed by atoms with E-state index >= 15 is 0 Å². The van der Waals surface area contributed by atoms with Gasteiger partial charge in [-0.1, -0.05) is 222 Å². The van der Waals surface area contributed by atoms with Crippen molar-refractivity contribution in [3.8, 4) is 0 Å². The lowest BCUT2D eigenvalue weighted by molar-refractivity contribution is -0.154. The zero-order valence-electron chi connectivity index (χ0n) is 36.4. The summed E-state index contributed by atoms with van der Waals surface area (Å²) in [7, 11) is 0. The molecule has 0 aromatic rings. The number of hydrogen-bond donors (Lipinski definition) is 1. The third kappa shape index (κ3) is 46.1. The lowest BCUT2D eigenvalue weighted by atomic mass is 10.0. The topological polar surface area (TPSA) is 55.8 Å². The van der Waals surface area contributed by atoms with Gasteiger partial charge in [0.1, 0.15) is 6.10 Å². The molecule has 318 valence electrons. The second-order valence-electron chi connectivity index (χ2n) is 15.5. The molecule has 0 spiro atoms. The summed E-state index contributed by atoms with van der Waals surface area (Å²) in [6.07, 6.45) is 65.5. The van der Waals surface area contributed by atoms with Crippen LogP contribution in [0.4, 0.5) is 0 Å². The highest BCUT2D eigenvalue weighted by Gasteiger charge is 2.13. The van der Waals surface area contributed by atoms with Crippen molar-refractivity contribution < 1.29 is 19.4 Å². The van der Waals surface area contributed by atoms with Crippen LogP contribution >= 0.6 is 0 Å². The summed E-state index contributed by atoms with van der Waals surface area (Å²) < 4.78 is 11.2. The predicted octanol–water partition coefficient (Wildman–Crippen LogP) is 15.8. The molecular formula is C51H90O4. The summed E-state index contributed by atoms with van der Waals surface area (Å²) in [4.78, 5) is 12.2. The third-order valence-electron chi connectivity index (χ3n) is 10.0. The van der Waals surface area contributed by atoms with Gasteiger partial charge in [0.2, 0.25) is 0 Å². The van der Waals surface area contributed by atoms with Gasteiger partial charge in [-0.25, -0.2) is 0 Å². The van der Waals surface area contributed by atoms with Crippen LogP contribution in [-0.2, 0) is 14.3 Å². The molecule has 0 aromatic carbocycles. The molecule has 0 fully saturated rings. The quantitative estimate of drug-likeness (QED) is 0.0381. The van der Waals surface area contributed by atoms with Gasteiger partial charge in [0.05, 0.1) is 13.2 Å². The van der Waals surface area contributed by atoms with E-state index in [1.807, 2.05) is 0 Å².